The normalized spacial score (nSPS) is 16.5. The van der Waals surface area contributed by atoms with Crippen LogP contribution in [-0.4, -0.2) is 48.6 Å². The zero-order valence-electron chi connectivity index (χ0n) is 16.7. The molecule has 0 saturated carbocycles. The Morgan fingerprint density at radius 1 is 1.13 bits per heavy atom. The number of rotatable bonds is 6. The van der Waals surface area contributed by atoms with E-state index in [2.05, 4.69) is 5.32 Å². The van der Waals surface area contributed by atoms with Crippen LogP contribution in [0.15, 0.2) is 54.6 Å². The van der Waals surface area contributed by atoms with Gasteiger partial charge in [-0.2, -0.15) is 13.7 Å². The lowest BCUT2D eigenvalue weighted by molar-refractivity contribution is -0.138. The predicted molar refractivity (Wildman–Crippen MR) is 115 cm³/mol. The van der Waals surface area contributed by atoms with Gasteiger partial charge in [-0.15, -0.1) is 0 Å². The number of amides is 2. The molecule has 1 saturated heterocycles. The smallest absolute Gasteiger partial charge is 0.248 e. The molecule has 31 heavy (non-hydrogen) atoms. The molecule has 2 aromatic carbocycles. The van der Waals surface area contributed by atoms with Crippen LogP contribution in [0.25, 0.3) is 0 Å². The van der Waals surface area contributed by atoms with E-state index in [0.717, 1.165) is 11.1 Å². The van der Waals surface area contributed by atoms with Crippen molar-refractivity contribution in [2.24, 2.45) is 5.73 Å². The van der Waals surface area contributed by atoms with Gasteiger partial charge < -0.3 is 16.0 Å². The summed E-state index contributed by atoms with van der Waals surface area (Å²) in [6, 6.07) is 15.8. The lowest BCUT2D eigenvalue weighted by Gasteiger charge is -2.26. The summed E-state index contributed by atoms with van der Waals surface area (Å²) in [5.41, 5.74) is 8.21. The van der Waals surface area contributed by atoms with Crippen LogP contribution in [0.2, 0.25) is 0 Å². The van der Waals surface area contributed by atoms with Crippen molar-refractivity contribution in [2.45, 2.75) is 31.5 Å². The fraction of sp³-hybridized carbons (Fsp3) is 0.273. The number of nitrogens with one attached hydrogen (secondary N) is 1. The van der Waals surface area contributed by atoms with Crippen molar-refractivity contribution in [3.63, 3.8) is 0 Å². The standard InChI is InChI=1S/C22H22N4O4S/c23-13-16-6-8-17(9-7-16)14-25-21(27)20-19(31(29)30)10-11-26(20)22(28)18(24)12-15-4-2-1-3-5-15/h1-9,18,20H,10-12,14,24H2,(H,25,27)/t18-,20+/m1/s1. The largest absolute Gasteiger partial charge is 0.350 e. The SMILES string of the molecule is N#Cc1ccc(CNC(=O)[C@@H]2C(=S(=O)=O)CCN2C(=O)[C@H](N)Cc2ccccc2)cc1. The summed E-state index contributed by atoms with van der Waals surface area (Å²) in [7, 11) is -2.60. The van der Waals surface area contributed by atoms with Crippen LogP contribution in [-0.2, 0) is 32.8 Å². The molecule has 160 valence electrons. The van der Waals surface area contributed by atoms with E-state index in [4.69, 9.17) is 11.0 Å². The highest BCUT2D eigenvalue weighted by atomic mass is 32.2. The molecule has 1 heterocycles. The minimum absolute atomic E-state index is 0.0300. The van der Waals surface area contributed by atoms with E-state index in [1.54, 1.807) is 24.3 Å². The quantitative estimate of drug-likeness (QED) is 0.627. The van der Waals surface area contributed by atoms with E-state index in [9.17, 15) is 18.0 Å². The first kappa shape index (κ1) is 22.2. The first-order chi connectivity index (χ1) is 14.9. The minimum atomic E-state index is -2.60. The number of nitrogens with two attached hydrogens (primary N) is 1. The molecule has 8 nitrogen and oxygen atoms in total. The summed E-state index contributed by atoms with van der Waals surface area (Å²) in [5, 5.41) is 11.5. The van der Waals surface area contributed by atoms with Crippen LogP contribution < -0.4 is 11.1 Å². The Morgan fingerprint density at radius 3 is 2.42 bits per heavy atom. The summed E-state index contributed by atoms with van der Waals surface area (Å²) in [5.74, 6) is -1.05. The third kappa shape index (κ3) is 5.36. The number of likely N-dealkylation sites (tertiary alicyclic amines) is 1. The maximum atomic E-state index is 13.0. The highest BCUT2D eigenvalue weighted by Crippen LogP contribution is 2.18. The molecule has 3 N–H and O–H groups in total. The van der Waals surface area contributed by atoms with Crippen LogP contribution >= 0.6 is 0 Å². The molecule has 3 rings (SSSR count). The summed E-state index contributed by atoms with van der Waals surface area (Å²) in [6.45, 7) is 0.248. The van der Waals surface area contributed by atoms with Crippen molar-refractivity contribution in [3.8, 4) is 6.07 Å². The molecule has 0 radical (unpaired) electrons. The topological polar surface area (TPSA) is 133 Å². The molecule has 9 heteroatoms. The van der Waals surface area contributed by atoms with Gasteiger partial charge in [0.15, 0.2) is 0 Å². The van der Waals surface area contributed by atoms with Gasteiger partial charge in [-0.25, -0.2) is 0 Å². The van der Waals surface area contributed by atoms with Crippen LogP contribution in [0.5, 0.6) is 0 Å². The minimum Gasteiger partial charge on any atom is -0.350 e. The monoisotopic (exact) mass is 438 g/mol. The van der Waals surface area contributed by atoms with Gasteiger partial charge in [0.25, 0.3) is 0 Å². The van der Waals surface area contributed by atoms with Crippen LogP contribution in [0.4, 0.5) is 0 Å². The van der Waals surface area contributed by atoms with Crippen LogP contribution in [0.3, 0.4) is 0 Å². The average molecular weight is 439 g/mol. The number of benzene rings is 2. The van der Waals surface area contributed by atoms with E-state index in [1.165, 1.54) is 4.90 Å². The molecule has 0 bridgehead atoms. The highest BCUT2D eigenvalue weighted by Gasteiger charge is 2.41. The Bertz CT molecular complexity index is 1130. The lowest BCUT2D eigenvalue weighted by Crippen LogP contribution is -2.53. The number of carbonyl (C=O) groups excluding carboxylic acids is 2. The van der Waals surface area contributed by atoms with Crippen molar-refractivity contribution in [1.29, 1.82) is 5.26 Å². The second kappa shape index (κ2) is 10.0. The summed E-state index contributed by atoms with van der Waals surface area (Å²) in [4.78, 5) is 27.0. The summed E-state index contributed by atoms with van der Waals surface area (Å²) in [6.07, 6.45) is 0.375. The molecule has 2 atom stereocenters. The molecular formula is C22H22N4O4S. The van der Waals surface area contributed by atoms with Gasteiger partial charge in [-0.1, -0.05) is 42.5 Å². The number of nitrogens with zero attached hydrogens (tertiary/aromatic N) is 2. The molecule has 0 aliphatic carbocycles. The number of carbonyl (C=O) groups is 2. The van der Waals surface area contributed by atoms with Crippen molar-refractivity contribution in [3.05, 3.63) is 71.3 Å². The van der Waals surface area contributed by atoms with Gasteiger partial charge in [-0.3, -0.25) is 9.59 Å². The number of hydrogen-bond donors (Lipinski definition) is 2. The molecular weight excluding hydrogens is 416 g/mol. The number of nitriles is 1. The van der Waals surface area contributed by atoms with E-state index in [1.807, 2.05) is 36.4 Å². The first-order valence-corrected chi connectivity index (χ1v) is 10.8. The Kier molecular flexibility index (Phi) is 7.18. The first-order valence-electron chi connectivity index (χ1n) is 9.72. The average Bonchev–Trinajstić information content (AvgIpc) is 3.23. The van der Waals surface area contributed by atoms with Crippen molar-refractivity contribution in [1.82, 2.24) is 10.2 Å². The molecule has 2 aromatic rings. The third-order valence-electron chi connectivity index (χ3n) is 5.13. The van der Waals surface area contributed by atoms with Gasteiger partial charge >= 0.3 is 0 Å². The zero-order chi connectivity index (χ0) is 22.4. The molecule has 1 aliphatic rings. The molecule has 0 aromatic heterocycles. The fourth-order valence-electron chi connectivity index (χ4n) is 3.52. The third-order valence-corrected chi connectivity index (χ3v) is 5.98. The molecule has 2 amide bonds. The van der Waals surface area contributed by atoms with Crippen molar-refractivity contribution < 1.29 is 18.0 Å². The van der Waals surface area contributed by atoms with Gasteiger partial charge in [-0.05, 0) is 29.7 Å². The second-order valence-electron chi connectivity index (χ2n) is 7.21. The van der Waals surface area contributed by atoms with Crippen LogP contribution in [0.1, 0.15) is 23.1 Å². The predicted octanol–water partition coefficient (Wildman–Crippen LogP) is 0.397. The summed E-state index contributed by atoms with van der Waals surface area (Å²) < 4.78 is 23.3. The zero-order valence-corrected chi connectivity index (χ0v) is 17.5. The van der Waals surface area contributed by atoms with E-state index >= 15 is 0 Å². The molecule has 0 spiro atoms. The Balaban J connectivity index is 1.73. The molecule has 1 aliphatic heterocycles. The molecule has 0 unspecified atom stereocenters. The highest BCUT2D eigenvalue weighted by molar-refractivity contribution is 7.73. The number of hydrogen-bond acceptors (Lipinski definition) is 6. The Labute approximate surface area is 181 Å². The fourth-order valence-corrected chi connectivity index (χ4v) is 4.20. The van der Waals surface area contributed by atoms with E-state index in [0.29, 0.717) is 5.56 Å². The lowest BCUT2D eigenvalue weighted by atomic mass is 10.1. The van der Waals surface area contributed by atoms with Crippen molar-refractivity contribution >= 4 is 27.0 Å². The maximum absolute atomic E-state index is 13.0. The van der Waals surface area contributed by atoms with Crippen molar-refractivity contribution in [2.75, 3.05) is 6.54 Å². The Morgan fingerprint density at radius 2 is 1.81 bits per heavy atom. The maximum Gasteiger partial charge on any atom is 0.248 e. The summed E-state index contributed by atoms with van der Waals surface area (Å²) >= 11 is 0. The second-order valence-corrected chi connectivity index (χ2v) is 8.20. The van der Waals surface area contributed by atoms with Crippen LogP contribution in [0, 0.1) is 11.3 Å². The van der Waals surface area contributed by atoms with Gasteiger partial charge in [0.2, 0.25) is 22.1 Å². The van der Waals surface area contributed by atoms with Gasteiger partial charge in [0.05, 0.1) is 22.5 Å². The molecule has 1 fully saturated rings. The van der Waals surface area contributed by atoms with E-state index in [-0.39, 0.29) is 30.8 Å². The van der Waals surface area contributed by atoms with E-state index < -0.39 is 34.2 Å². The van der Waals surface area contributed by atoms with Gasteiger partial charge in [0.1, 0.15) is 6.04 Å². The van der Waals surface area contributed by atoms with Gasteiger partial charge in [0, 0.05) is 19.5 Å². The Hall–Kier alpha value is -3.48.